The van der Waals surface area contributed by atoms with E-state index in [0.717, 1.165) is 15.9 Å². The van der Waals surface area contributed by atoms with Crippen LogP contribution in [-0.2, 0) is 9.53 Å². The Morgan fingerprint density at radius 1 is 1.24 bits per heavy atom. The highest BCUT2D eigenvalue weighted by Gasteiger charge is 2.26. The highest BCUT2D eigenvalue weighted by molar-refractivity contribution is 9.10. The van der Waals surface area contributed by atoms with Crippen LogP contribution < -0.4 is 5.32 Å². The topological polar surface area (TPSA) is 91.0 Å². The molecule has 29 heavy (non-hydrogen) atoms. The molecular weight excluding hydrogens is 438 g/mol. The Balaban J connectivity index is 1.97. The highest BCUT2D eigenvalue weighted by atomic mass is 79.9. The quantitative estimate of drug-likeness (QED) is 0.565. The Bertz CT molecular complexity index is 1040. The van der Waals surface area contributed by atoms with E-state index in [1.807, 2.05) is 44.2 Å². The van der Waals surface area contributed by atoms with Crippen molar-refractivity contribution in [3.05, 3.63) is 58.0 Å². The molecule has 1 amide bonds. The molecule has 9 heteroatoms. The van der Waals surface area contributed by atoms with Crippen molar-refractivity contribution in [3.8, 4) is 5.69 Å². The summed E-state index contributed by atoms with van der Waals surface area (Å²) in [4.78, 5) is 25.4. The van der Waals surface area contributed by atoms with Crippen LogP contribution in [-0.4, -0.2) is 38.0 Å². The van der Waals surface area contributed by atoms with Gasteiger partial charge in [-0.3, -0.25) is 9.48 Å². The van der Waals surface area contributed by atoms with Crippen molar-refractivity contribution >= 4 is 33.6 Å². The summed E-state index contributed by atoms with van der Waals surface area (Å²) in [5, 5.41) is 11.5. The van der Waals surface area contributed by atoms with Gasteiger partial charge in [-0.15, -0.1) is 0 Å². The number of carbonyl (C=O) groups is 2. The summed E-state index contributed by atoms with van der Waals surface area (Å²) in [6, 6.07) is 8.64. The fourth-order valence-corrected chi connectivity index (χ4v) is 3.21. The van der Waals surface area contributed by atoms with Crippen molar-refractivity contribution in [3.63, 3.8) is 0 Å². The van der Waals surface area contributed by atoms with E-state index < -0.39 is 12.0 Å². The zero-order valence-electron chi connectivity index (χ0n) is 16.6. The number of carbonyl (C=O) groups excluding carboxylic acids is 2. The average Bonchev–Trinajstić information content (AvgIpc) is 3.24. The summed E-state index contributed by atoms with van der Waals surface area (Å²) >= 11 is 3.48. The van der Waals surface area contributed by atoms with Crippen LogP contribution in [0, 0.1) is 13.8 Å². The minimum absolute atomic E-state index is 0.186. The number of aryl methyl sites for hydroxylation is 1. The summed E-state index contributed by atoms with van der Waals surface area (Å²) in [6.07, 6.45) is 1.39. The molecule has 2 aromatic heterocycles. The molecule has 3 aromatic rings. The van der Waals surface area contributed by atoms with Crippen LogP contribution in [0.5, 0.6) is 0 Å². The molecule has 0 spiro atoms. The van der Waals surface area contributed by atoms with E-state index in [-0.39, 0.29) is 23.9 Å². The zero-order valence-corrected chi connectivity index (χ0v) is 18.2. The molecule has 1 N–H and O–H groups in total. The lowest BCUT2D eigenvalue weighted by Gasteiger charge is -2.16. The number of amides is 1. The average molecular weight is 460 g/mol. The molecule has 3 rings (SSSR count). The van der Waals surface area contributed by atoms with E-state index in [1.54, 1.807) is 18.5 Å². The van der Waals surface area contributed by atoms with E-state index >= 15 is 0 Å². The number of para-hydroxylation sites is 1. The minimum Gasteiger partial charge on any atom is -0.462 e. The third-order valence-electron chi connectivity index (χ3n) is 4.49. The first kappa shape index (κ1) is 20.8. The Morgan fingerprint density at radius 3 is 2.52 bits per heavy atom. The number of hydrogen-bond acceptors (Lipinski definition) is 5. The van der Waals surface area contributed by atoms with Crippen molar-refractivity contribution in [2.75, 3.05) is 11.9 Å². The molecule has 152 valence electrons. The van der Waals surface area contributed by atoms with Crippen LogP contribution in [0.3, 0.4) is 0 Å². The molecule has 0 aliphatic heterocycles. The Kier molecular flexibility index (Phi) is 6.17. The monoisotopic (exact) mass is 459 g/mol. The number of nitrogens with zero attached hydrogens (tertiary/aromatic N) is 4. The Morgan fingerprint density at radius 2 is 1.93 bits per heavy atom. The third kappa shape index (κ3) is 4.09. The lowest BCUT2D eigenvalue weighted by atomic mass is 10.2. The van der Waals surface area contributed by atoms with Gasteiger partial charge < -0.3 is 10.1 Å². The molecule has 0 saturated carbocycles. The molecule has 0 aliphatic carbocycles. The summed E-state index contributed by atoms with van der Waals surface area (Å²) in [5.41, 5.74) is 2.53. The van der Waals surface area contributed by atoms with Gasteiger partial charge in [0.25, 0.3) is 0 Å². The molecule has 0 aliphatic rings. The zero-order chi connectivity index (χ0) is 21.1. The minimum atomic E-state index is -0.603. The van der Waals surface area contributed by atoms with Gasteiger partial charge >= 0.3 is 5.97 Å². The molecule has 2 heterocycles. The normalized spacial score (nSPS) is 11.9. The fourth-order valence-electron chi connectivity index (χ4n) is 2.94. The van der Waals surface area contributed by atoms with Gasteiger partial charge in [0.2, 0.25) is 5.91 Å². The highest BCUT2D eigenvalue weighted by Crippen LogP contribution is 2.25. The predicted molar refractivity (Wildman–Crippen MR) is 112 cm³/mol. The van der Waals surface area contributed by atoms with Gasteiger partial charge in [0, 0.05) is 0 Å². The molecule has 1 atom stereocenters. The summed E-state index contributed by atoms with van der Waals surface area (Å²) < 4.78 is 9.12. The maximum Gasteiger partial charge on any atom is 0.343 e. The summed E-state index contributed by atoms with van der Waals surface area (Å²) in [6.45, 7) is 7.43. The molecular formula is C20H22BrN5O3. The van der Waals surface area contributed by atoms with Gasteiger partial charge in [0.1, 0.15) is 11.6 Å². The second kappa shape index (κ2) is 8.60. The van der Waals surface area contributed by atoms with Gasteiger partial charge in [-0.05, 0) is 55.8 Å². The number of rotatable bonds is 6. The van der Waals surface area contributed by atoms with Crippen LogP contribution in [0.25, 0.3) is 5.69 Å². The number of benzene rings is 1. The van der Waals surface area contributed by atoms with Crippen LogP contribution in [0.2, 0.25) is 0 Å². The first-order valence-corrected chi connectivity index (χ1v) is 9.97. The van der Waals surface area contributed by atoms with Crippen molar-refractivity contribution in [1.29, 1.82) is 0 Å². The molecule has 1 aromatic carbocycles. The van der Waals surface area contributed by atoms with E-state index in [1.165, 1.54) is 10.9 Å². The van der Waals surface area contributed by atoms with E-state index in [0.29, 0.717) is 5.69 Å². The SMILES string of the molecule is CCOC(=O)c1cnn(-c2ccccc2)c1NC(=O)C(C)n1nc(C)c(Br)c1C. The molecule has 0 radical (unpaired) electrons. The van der Waals surface area contributed by atoms with E-state index in [4.69, 9.17) is 4.74 Å². The van der Waals surface area contributed by atoms with Gasteiger partial charge in [0.15, 0.2) is 5.82 Å². The number of aromatic nitrogens is 4. The Labute approximate surface area is 177 Å². The predicted octanol–water partition coefficient (Wildman–Crippen LogP) is 3.82. The number of esters is 1. The Hall–Kier alpha value is -2.94. The second-order valence-corrected chi connectivity index (χ2v) is 7.26. The molecule has 1 unspecified atom stereocenters. The molecule has 0 bridgehead atoms. The molecule has 8 nitrogen and oxygen atoms in total. The van der Waals surface area contributed by atoms with Gasteiger partial charge in [-0.1, -0.05) is 18.2 Å². The third-order valence-corrected chi connectivity index (χ3v) is 5.64. The van der Waals surface area contributed by atoms with Crippen LogP contribution in [0.15, 0.2) is 41.0 Å². The van der Waals surface area contributed by atoms with Gasteiger partial charge in [-0.2, -0.15) is 10.2 Å². The smallest absolute Gasteiger partial charge is 0.343 e. The molecule has 0 saturated heterocycles. The van der Waals surface area contributed by atoms with Crippen molar-refractivity contribution in [1.82, 2.24) is 19.6 Å². The standard InChI is InChI=1S/C20H22BrN5O3/c1-5-29-20(28)16-11-22-26(15-9-7-6-8-10-15)18(16)23-19(27)14(4)25-13(3)17(21)12(2)24-25/h6-11,14H,5H2,1-4H3,(H,23,27). The van der Waals surface area contributed by atoms with E-state index in [2.05, 4.69) is 31.4 Å². The number of anilines is 1. The fraction of sp³-hybridized carbons (Fsp3) is 0.300. The van der Waals surface area contributed by atoms with Gasteiger partial charge in [-0.25, -0.2) is 9.48 Å². The number of nitrogens with one attached hydrogen (secondary N) is 1. The number of ether oxygens (including phenoxy) is 1. The van der Waals surface area contributed by atoms with Crippen LogP contribution >= 0.6 is 15.9 Å². The summed E-state index contributed by atoms with van der Waals surface area (Å²) in [5.74, 6) is -0.620. The molecule has 0 fully saturated rings. The number of halogens is 1. The lowest BCUT2D eigenvalue weighted by Crippen LogP contribution is -2.27. The second-order valence-electron chi connectivity index (χ2n) is 6.47. The lowest BCUT2D eigenvalue weighted by molar-refractivity contribution is -0.119. The first-order chi connectivity index (χ1) is 13.8. The van der Waals surface area contributed by atoms with Crippen molar-refractivity contribution in [2.24, 2.45) is 0 Å². The summed E-state index contributed by atoms with van der Waals surface area (Å²) in [7, 11) is 0. The van der Waals surface area contributed by atoms with Crippen LogP contribution in [0.4, 0.5) is 5.82 Å². The van der Waals surface area contributed by atoms with Crippen molar-refractivity contribution in [2.45, 2.75) is 33.7 Å². The van der Waals surface area contributed by atoms with Crippen LogP contribution in [0.1, 0.15) is 41.6 Å². The van der Waals surface area contributed by atoms with E-state index in [9.17, 15) is 9.59 Å². The first-order valence-electron chi connectivity index (χ1n) is 9.17. The maximum atomic E-state index is 13.0. The maximum absolute atomic E-state index is 13.0. The largest absolute Gasteiger partial charge is 0.462 e. The van der Waals surface area contributed by atoms with Gasteiger partial charge in [0.05, 0.1) is 34.4 Å². The number of hydrogen-bond donors (Lipinski definition) is 1. The van der Waals surface area contributed by atoms with Crippen molar-refractivity contribution < 1.29 is 14.3 Å².